The van der Waals surface area contributed by atoms with Gasteiger partial charge in [0.25, 0.3) is 0 Å². The van der Waals surface area contributed by atoms with Crippen molar-refractivity contribution in [1.82, 2.24) is 20.3 Å². The van der Waals surface area contributed by atoms with Gasteiger partial charge in [0.2, 0.25) is 11.7 Å². The number of ether oxygens (including phenoxy) is 5. The van der Waals surface area contributed by atoms with Gasteiger partial charge >= 0.3 is 0 Å². The van der Waals surface area contributed by atoms with E-state index in [0.29, 0.717) is 48.8 Å². The summed E-state index contributed by atoms with van der Waals surface area (Å²) in [5.41, 5.74) is -0.164. The zero-order chi connectivity index (χ0) is 29.3. The molecule has 2 N–H and O–H groups in total. The van der Waals surface area contributed by atoms with E-state index in [1.807, 2.05) is 4.90 Å². The predicted octanol–water partition coefficient (Wildman–Crippen LogP) is 2.28. The van der Waals surface area contributed by atoms with Crippen LogP contribution in [-0.4, -0.2) is 93.5 Å². The fourth-order valence-corrected chi connectivity index (χ4v) is 4.83. The standard InChI is InChI=1S/C27H30F2N6O6/c1-6-21(36)32-17-11-41-10-16(17)31-20-7-14-15(9-30-20)33-25(34-26(14)35-12-27(13-35,39-4)40-5)22-23(28)18(37-2)8-19(38-3)24(22)29/h6-9,16-17H,1,10-13H2,2-5H3,(H,30,31)(H,32,36)/t16-,17+/m1/s1. The summed E-state index contributed by atoms with van der Waals surface area (Å²) in [4.78, 5) is 27.2. The third kappa shape index (κ3) is 5.21. The minimum absolute atomic E-state index is 0.217. The molecule has 3 aromatic rings. The Morgan fingerprint density at radius 3 is 2.34 bits per heavy atom. The summed E-state index contributed by atoms with van der Waals surface area (Å²) >= 11 is 0. The Morgan fingerprint density at radius 1 is 1.07 bits per heavy atom. The van der Waals surface area contributed by atoms with Gasteiger partial charge in [-0.05, 0) is 12.1 Å². The van der Waals surface area contributed by atoms with Crippen molar-refractivity contribution in [1.29, 1.82) is 0 Å². The molecule has 2 aliphatic rings. The molecule has 12 nitrogen and oxygen atoms in total. The number of carbonyl (C=O) groups is 1. The fourth-order valence-electron chi connectivity index (χ4n) is 4.83. The summed E-state index contributed by atoms with van der Waals surface area (Å²) in [6.07, 6.45) is 2.67. The summed E-state index contributed by atoms with van der Waals surface area (Å²) < 4.78 is 57.6. The number of hydrogen-bond acceptors (Lipinski definition) is 11. The largest absolute Gasteiger partial charge is 0.494 e. The van der Waals surface area contributed by atoms with E-state index < -0.39 is 23.0 Å². The molecule has 2 aliphatic heterocycles. The first-order valence-corrected chi connectivity index (χ1v) is 12.7. The molecule has 218 valence electrons. The predicted molar refractivity (Wildman–Crippen MR) is 145 cm³/mol. The van der Waals surface area contributed by atoms with Crippen molar-refractivity contribution in [3.63, 3.8) is 0 Å². The lowest BCUT2D eigenvalue weighted by Gasteiger charge is -2.48. The monoisotopic (exact) mass is 572 g/mol. The second kappa shape index (κ2) is 11.4. The van der Waals surface area contributed by atoms with Crippen molar-refractivity contribution in [3.05, 3.63) is 42.6 Å². The highest BCUT2D eigenvalue weighted by atomic mass is 19.1. The topological polar surface area (TPSA) is 129 Å². The molecule has 1 aromatic carbocycles. The number of anilines is 2. The molecule has 2 aromatic heterocycles. The molecule has 4 heterocycles. The van der Waals surface area contributed by atoms with Crippen LogP contribution < -0.4 is 25.0 Å². The highest BCUT2D eigenvalue weighted by Gasteiger charge is 2.45. The SMILES string of the molecule is C=CC(=O)N[C@H]1COC[C@H]1Nc1cc2c(N3CC(OC)(OC)C3)nc(-c3c(F)c(OC)cc(OC)c3F)nc2cn1. The van der Waals surface area contributed by atoms with Crippen molar-refractivity contribution in [2.24, 2.45) is 0 Å². The van der Waals surface area contributed by atoms with E-state index in [1.54, 1.807) is 6.07 Å². The number of nitrogens with one attached hydrogen (secondary N) is 2. The number of benzene rings is 1. The molecule has 2 saturated heterocycles. The highest BCUT2D eigenvalue weighted by molar-refractivity contribution is 5.93. The van der Waals surface area contributed by atoms with Crippen molar-refractivity contribution >= 4 is 28.4 Å². The lowest BCUT2D eigenvalue weighted by Crippen LogP contribution is -2.64. The Morgan fingerprint density at radius 2 is 1.73 bits per heavy atom. The Bertz CT molecular complexity index is 1450. The van der Waals surface area contributed by atoms with E-state index in [2.05, 4.69) is 32.2 Å². The number of hydrogen-bond donors (Lipinski definition) is 2. The molecule has 5 rings (SSSR count). The van der Waals surface area contributed by atoms with Crippen LogP contribution in [0.5, 0.6) is 11.5 Å². The van der Waals surface area contributed by atoms with Crippen LogP contribution in [0.25, 0.3) is 22.3 Å². The zero-order valence-electron chi connectivity index (χ0n) is 23.0. The molecule has 14 heteroatoms. The smallest absolute Gasteiger partial charge is 0.243 e. The molecule has 1 amide bonds. The Hall–Kier alpha value is -4.14. The maximum absolute atomic E-state index is 15.4. The van der Waals surface area contributed by atoms with Gasteiger partial charge in [-0.1, -0.05) is 6.58 Å². The summed E-state index contributed by atoms with van der Waals surface area (Å²) in [6.45, 7) is 4.76. The number of halogens is 2. The van der Waals surface area contributed by atoms with Crippen molar-refractivity contribution in [2.75, 3.05) is 65.0 Å². The first-order chi connectivity index (χ1) is 19.8. The number of carbonyl (C=O) groups excluding carboxylic acids is 1. The van der Waals surface area contributed by atoms with Crippen LogP contribution in [0.2, 0.25) is 0 Å². The summed E-state index contributed by atoms with van der Waals surface area (Å²) in [5, 5.41) is 6.69. The number of fused-ring (bicyclic) bond motifs is 1. The van der Waals surface area contributed by atoms with Crippen LogP contribution in [0, 0.1) is 11.6 Å². The fraction of sp³-hybridized carbons (Fsp3) is 0.407. The normalized spacial score (nSPS) is 19.5. The lowest BCUT2D eigenvalue weighted by atomic mass is 10.1. The van der Waals surface area contributed by atoms with Gasteiger partial charge < -0.3 is 39.2 Å². The van der Waals surface area contributed by atoms with Gasteiger partial charge in [-0.15, -0.1) is 0 Å². The molecule has 0 aliphatic carbocycles. The number of nitrogens with zero attached hydrogens (tertiary/aromatic N) is 4. The number of amides is 1. The van der Waals surface area contributed by atoms with Crippen LogP contribution in [0.15, 0.2) is 31.0 Å². The van der Waals surface area contributed by atoms with E-state index in [1.165, 1.54) is 40.7 Å². The van der Waals surface area contributed by atoms with E-state index in [-0.39, 0.29) is 35.3 Å². The second-order valence-electron chi connectivity index (χ2n) is 9.52. The quantitative estimate of drug-likeness (QED) is 0.274. The second-order valence-corrected chi connectivity index (χ2v) is 9.52. The summed E-state index contributed by atoms with van der Waals surface area (Å²) in [7, 11) is 5.61. The first-order valence-electron chi connectivity index (χ1n) is 12.7. The maximum Gasteiger partial charge on any atom is 0.243 e. The van der Waals surface area contributed by atoms with Crippen LogP contribution in [-0.2, 0) is 19.0 Å². The third-order valence-electron chi connectivity index (χ3n) is 7.19. The molecule has 2 atom stereocenters. The molecule has 0 spiro atoms. The van der Waals surface area contributed by atoms with Gasteiger partial charge in [0.1, 0.15) is 11.6 Å². The van der Waals surface area contributed by atoms with Gasteiger partial charge in [-0.2, -0.15) is 0 Å². The van der Waals surface area contributed by atoms with E-state index >= 15 is 8.78 Å². The third-order valence-corrected chi connectivity index (χ3v) is 7.19. The average molecular weight is 573 g/mol. The molecule has 2 fully saturated rings. The van der Waals surface area contributed by atoms with Crippen LogP contribution in [0.3, 0.4) is 0 Å². The molecule has 0 unspecified atom stereocenters. The summed E-state index contributed by atoms with van der Waals surface area (Å²) in [6, 6.07) is 2.29. The van der Waals surface area contributed by atoms with E-state index in [9.17, 15) is 4.79 Å². The first kappa shape index (κ1) is 28.4. The summed E-state index contributed by atoms with van der Waals surface area (Å²) in [5.74, 6) is -2.92. The Labute approximate surface area is 234 Å². The van der Waals surface area contributed by atoms with Crippen molar-refractivity contribution in [3.8, 4) is 22.9 Å². The van der Waals surface area contributed by atoms with Crippen LogP contribution >= 0.6 is 0 Å². The zero-order valence-corrected chi connectivity index (χ0v) is 23.0. The molecular weight excluding hydrogens is 542 g/mol. The van der Waals surface area contributed by atoms with Gasteiger partial charge in [0.15, 0.2) is 29.0 Å². The molecule has 41 heavy (non-hydrogen) atoms. The number of pyridine rings is 1. The van der Waals surface area contributed by atoms with Crippen molar-refractivity contribution in [2.45, 2.75) is 17.9 Å². The average Bonchev–Trinajstić information content (AvgIpc) is 3.39. The Balaban J connectivity index is 1.59. The molecule has 0 bridgehead atoms. The number of methoxy groups -OCH3 is 4. The molecule has 0 radical (unpaired) electrons. The molecular formula is C27H30F2N6O6. The maximum atomic E-state index is 15.4. The number of aromatic nitrogens is 3. The van der Waals surface area contributed by atoms with Gasteiger partial charge in [0, 0.05) is 25.7 Å². The van der Waals surface area contributed by atoms with Gasteiger partial charge in [-0.3, -0.25) is 4.79 Å². The minimum atomic E-state index is -0.970. The van der Waals surface area contributed by atoms with E-state index in [0.717, 1.165) is 6.07 Å². The molecule has 0 saturated carbocycles. The number of rotatable bonds is 10. The van der Waals surface area contributed by atoms with Crippen LogP contribution in [0.1, 0.15) is 0 Å². The van der Waals surface area contributed by atoms with E-state index in [4.69, 9.17) is 23.7 Å². The van der Waals surface area contributed by atoms with Crippen LogP contribution in [0.4, 0.5) is 20.4 Å². The van der Waals surface area contributed by atoms with Gasteiger partial charge in [0.05, 0.1) is 69.9 Å². The Kier molecular flexibility index (Phi) is 7.89. The highest BCUT2D eigenvalue weighted by Crippen LogP contribution is 2.40. The van der Waals surface area contributed by atoms with Crippen molar-refractivity contribution < 1.29 is 37.3 Å². The van der Waals surface area contributed by atoms with Gasteiger partial charge in [-0.25, -0.2) is 23.7 Å². The minimum Gasteiger partial charge on any atom is -0.494 e. The lowest BCUT2D eigenvalue weighted by molar-refractivity contribution is -0.219.